The fraction of sp³-hybridized carbons (Fsp3) is 0.714. The Labute approximate surface area is 60.5 Å². The topological polar surface area (TPSA) is 55.5 Å². The second-order valence-corrected chi connectivity index (χ2v) is 2.35. The van der Waals surface area contributed by atoms with Crippen LogP contribution in [0.5, 0.6) is 0 Å². The Morgan fingerprint density at radius 1 is 1.40 bits per heavy atom. The van der Waals surface area contributed by atoms with Gasteiger partial charge in [0.25, 0.3) is 0 Å². The summed E-state index contributed by atoms with van der Waals surface area (Å²) in [7, 11) is 0. The Bertz CT molecular complexity index is 125. The molecular weight excluding hydrogens is 130 g/mol. The van der Waals surface area contributed by atoms with Gasteiger partial charge in [-0.05, 0) is 0 Å². The van der Waals surface area contributed by atoms with E-state index in [0.29, 0.717) is 13.0 Å². The third-order valence-electron chi connectivity index (χ3n) is 1.54. The average molecular weight is 143 g/mol. The van der Waals surface area contributed by atoms with E-state index in [-0.39, 0.29) is 18.8 Å². The number of hydrogen-bond donors (Lipinski definition) is 2. The molecule has 0 fully saturated rings. The fourth-order valence-corrected chi connectivity index (χ4v) is 0.989. The van der Waals surface area contributed by atoms with Crippen molar-refractivity contribution in [2.45, 2.75) is 18.6 Å². The molecule has 1 aliphatic rings. The largest absolute Gasteiger partial charge is 0.396 e. The van der Waals surface area contributed by atoms with E-state index in [9.17, 15) is 0 Å². The van der Waals surface area contributed by atoms with Gasteiger partial charge >= 0.3 is 0 Å². The fourth-order valence-electron chi connectivity index (χ4n) is 0.989. The van der Waals surface area contributed by atoms with Gasteiger partial charge in [-0.3, -0.25) is 0 Å². The van der Waals surface area contributed by atoms with E-state index in [4.69, 9.17) is 15.6 Å². The van der Waals surface area contributed by atoms with Gasteiger partial charge in [-0.2, -0.15) is 0 Å². The van der Waals surface area contributed by atoms with Gasteiger partial charge < -0.3 is 15.6 Å². The van der Waals surface area contributed by atoms with E-state index in [1.165, 1.54) is 0 Å². The minimum Gasteiger partial charge on any atom is -0.396 e. The van der Waals surface area contributed by atoms with Crippen molar-refractivity contribution in [3.8, 4) is 0 Å². The van der Waals surface area contributed by atoms with E-state index in [0.717, 1.165) is 0 Å². The zero-order valence-corrected chi connectivity index (χ0v) is 5.86. The Balaban J connectivity index is 2.24. The molecule has 0 aromatic carbocycles. The molecule has 0 radical (unpaired) electrons. The molecule has 0 aromatic rings. The molecule has 0 aliphatic carbocycles. The van der Waals surface area contributed by atoms with Crippen molar-refractivity contribution in [2.24, 2.45) is 5.73 Å². The zero-order chi connectivity index (χ0) is 7.40. The van der Waals surface area contributed by atoms with Crippen LogP contribution in [0.1, 0.15) is 6.42 Å². The highest BCUT2D eigenvalue weighted by molar-refractivity contribution is 5.02. The lowest BCUT2D eigenvalue weighted by Gasteiger charge is -2.10. The van der Waals surface area contributed by atoms with Crippen LogP contribution in [0, 0.1) is 0 Å². The van der Waals surface area contributed by atoms with Gasteiger partial charge in [0, 0.05) is 19.6 Å². The molecule has 0 saturated heterocycles. The predicted octanol–water partition coefficient (Wildman–Crippen LogP) is -0.349. The first-order valence-corrected chi connectivity index (χ1v) is 3.51. The molecule has 0 aromatic heterocycles. The molecule has 1 heterocycles. The first-order valence-electron chi connectivity index (χ1n) is 3.51. The highest BCUT2D eigenvalue weighted by Gasteiger charge is 2.16. The SMILES string of the molecule is NC[C@@H]1C=C[C@H](CCO)O1. The van der Waals surface area contributed by atoms with Crippen molar-refractivity contribution in [1.29, 1.82) is 0 Å². The zero-order valence-electron chi connectivity index (χ0n) is 5.86. The number of aliphatic hydroxyl groups excluding tert-OH is 1. The smallest absolute Gasteiger partial charge is 0.0887 e. The number of aliphatic hydroxyl groups is 1. The molecule has 0 saturated carbocycles. The van der Waals surface area contributed by atoms with Gasteiger partial charge in [0.05, 0.1) is 12.2 Å². The molecule has 1 rings (SSSR count). The molecule has 3 nitrogen and oxygen atoms in total. The Kier molecular flexibility index (Phi) is 2.86. The van der Waals surface area contributed by atoms with E-state index in [1.807, 2.05) is 12.2 Å². The summed E-state index contributed by atoms with van der Waals surface area (Å²) in [6.07, 6.45) is 4.72. The van der Waals surface area contributed by atoms with Gasteiger partial charge in [0.1, 0.15) is 0 Å². The number of rotatable bonds is 3. The normalized spacial score (nSPS) is 31.4. The molecule has 0 amide bonds. The van der Waals surface area contributed by atoms with Gasteiger partial charge in [-0.15, -0.1) is 0 Å². The summed E-state index contributed by atoms with van der Waals surface area (Å²) in [5, 5.41) is 8.54. The Morgan fingerprint density at radius 3 is 2.60 bits per heavy atom. The van der Waals surface area contributed by atoms with Crippen LogP contribution in [-0.4, -0.2) is 30.5 Å². The number of nitrogens with two attached hydrogens (primary N) is 1. The van der Waals surface area contributed by atoms with E-state index >= 15 is 0 Å². The second kappa shape index (κ2) is 3.71. The monoisotopic (exact) mass is 143 g/mol. The Hall–Kier alpha value is -0.380. The first-order chi connectivity index (χ1) is 4.86. The maximum atomic E-state index is 8.54. The number of hydrogen-bond acceptors (Lipinski definition) is 3. The van der Waals surface area contributed by atoms with E-state index < -0.39 is 0 Å². The van der Waals surface area contributed by atoms with Crippen LogP contribution in [0.3, 0.4) is 0 Å². The van der Waals surface area contributed by atoms with E-state index in [2.05, 4.69) is 0 Å². The highest BCUT2D eigenvalue weighted by Crippen LogP contribution is 2.12. The summed E-state index contributed by atoms with van der Waals surface area (Å²) in [4.78, 5) is 0. The quantitative estimate of drug-likeness (QED) is 0.531. The lowest BCUT2D eigenvalue weighted by Crippen LogP contribution is -2.21. The van der Waals surface area contributed by atoms with Crippen LogP contribution in [-0.2, 0) is 4.74 Å². The molecule has 58 valence electrons. The van der Waals surface area contributed by atoms with Gasteiger partial charge in [-0.1, -0.05) is 12.2 Å². The van der Waals surface area contributed by atoms with Crippen LogP contribution >= 0.6 is 0 Å². The number of ether oxygens (including phenoxy) is 1. The summed E-state index contributed by atoms with van der Waals surface area (Å²) in [5.74, 6) is 0. The van der Waals surface area contributed by atoms with Gasteiger partial charge in [0.15, 0.2) is 0 Å². The molecule has 10 heavy (non-hydrogen) atoms. The molecule has 1 aliphatic heterocycles. The summed E-state index contributed by atoms with van der Waals surface area (Å²) in [6.45, 7) is 0.699. The van der Waals surface area contributed by atoms with Gasteiger partial charge in [-0.25, -0.2) is 0 Å². The molecule has 2 atom stereocenters. The lowest BCUT2D eigenvalue weighted by atomic mass is 10.2. The van der Waals surface area contributed by atoms with Crippen LogP contribution in [0.4, 0.5) is 0 Å². The standard InChI is InChI=1S/C7H13NO2/c8-5-7-2-1-6(10-7)3-4-9/h1-2,6-7,9H,3-5,8H2/t6-,7+/m1/s1. The molecule has 3 N–H and O–H groups in total. The molecule has 0 bridgehead atoms. The minimum atomic E-state index is 0.0662. The van der Waals surface area contributed by atoms with Crippen molar-refractivity contribution in [1.82, 2.24) is 0 Å². The Morgan fingerprint density at radius 2 is 2.10 bits per heavy atom. The third kappa shape index (κ3) is 1.80. The molecule has 0 spiro atoms. The first kappa shape index (κ1) is 7.72. The average Bonchev–Trinajstić information content (AvgIpc) is 2.37. The van der Waals surface area contributed by atoms with Crippen LogP contribution in [0.2, 0.25) is 0 Å². The molecule has 3 heteroatoms. The van der Waals surface area contributed by atoms with Crippen molar-refractivity contribution < 1.29 is 9.84 Å². The molecule has 0 unspecified atom stereocenters. The highest BCUT2D eigenvalue weighted by atomic mass is 16.5. The van der Waals surface area contributed by atoms with Crippen LogP contribution in [0.25, 0.3) is 0 Å². The second-order valence-electron chi connectivity index (χ2n) is 2.35. The van der Waals surface area contributed by atoms with Crippen LogP contribution < -0.4 is 5.73 Å². The van der Waals surface area contributed by atoms with Crippen LogP contribution in [0.15, 0.2) is 12.2 Å². The van der Waals surface area contributed by atoms with Gasteiger partial charge in [0.2, 0.25) is 0 Å². The minimum absolute atomic E-state index is 0.0662. The molecular formula is C7H13NO2. The lowest BCUT2D eigenvalue weighted by molar-refractivity contribution is 0.0503. The maximum absolute atomic E-state index is 8.54. The van der Waals surface area contributed by atoms with E-state index in [1.54, 1.807) is 0 Å². The van der Waals surface area contributed by atoms with Crippen molar-refractivity contribution in [2.75, 3.05) is 13.2 Å². The maximum Gasteiger partial charge on any atom is 0.0887 e. The van der Waals surface area contributed by atoms with Crippen molar-refractivity contribution in [3.05, 3.63) is 12.2 Å². The predicted molar refractivity (Wildman–Crippen MR) is 38.6 cm³/mol. The van der Waals surface area contributed by atoms with Crippen molar-refractivity contribution in [3.63, 3.8) is 0 Å². The summed E-state index contributed by atoms with van der Waals surface area (Å²) in [6, 6.07) is 0. The summed E-state index contributed by atoms with van der Waals surface area (Å²) in [5.41, 5.74) is 5.35. The third-order valence-corrected chi connectivity index (χ3v) is 1.54. The summed E-state index contributed by atoms with van der Waals surface area (Å²) < 4.78 is 5.35. The van der Waals surface area contributed by atoms with Crippen molar-refractivity contribution >= 4 is 0 Å². The summed E-state index contributed by atoms with van der Waals surface area (Å²) >= 11 is 0.